The van der Waals surface area contributed by atoms with E-state index in [4.69, 9.17) is 4.74 Å². The first-order valence-electron chi connectivity index (χ1n) is 8.46. The molecule has 0 bridgehead atoms. The summed E-state index contributed by atoms with van der Waals surface area (Å²) in [6.07, 6.45) is 2.19. The number of carbonyl (C=O) groups is 2. The molecule has 3 heterocycles. The zero-order valence-electron chi connectivity index (χ0n) is 14.4. The van der Waals surface area contributed by atoms with Crippen molar-refractivity contribution in [2.75, 3.05) is 18.9 Å². The Bertz CT molecular complexity index is 741. The van der Waals surface area contributed by atoms with Crippen LogP contribution in [0.4, 0.5) is 4.79 Å². The molecule has 1 unspecified atom stereocenters. The first kappa shape index (κ1) is 18.9. The van der Waals surface area contributed by atoms with E-state index in [2.05, 4.69) is 20.8 Å². The third-order valence-electron chi connectivity index (χ3n) is 3.79. The zero-order valence-corrected chi connectivity index (χ0v) is 16.1. The minimum absolute atomic E-state index is 0.0885. The minimum Gasteiger partial charge on any atom is -0.376 e. The zero-order chi connectivity index (χ0) is 18.4. The molecule has 2 aromatic rings. The average molecular weight is 396 g/mol. The van der Waals surface area contributed by atoms with Gasteiger partial charge in [-0.15, -0.1) is 21.5 Å². The number of amides is 3. The van der Waals surface area contributed by atoms with Crippen LogP contribution in [0, 0.1) is 0 Å². The normalized spacial score (nSPS) is 16.6. The van der Waals surface area contributed by atoms with Crippen LogP contribution in [0.25, 0.3) is 10.7 Å². The van der Waals surface area contributed by atoms with Crippen LogP contribution in [-0.2, 0) is 16.1 Å². The number of urea groups is 1. The number of aromatic nitrogens is 3. The summed E-state index contributed by atoms with van der Waals surface area (Å²) < 4.78 is 7.75. The van der Waals surface area contributed by atoms with E-state index in [1.54, 1.807) is 18.3 Å². The summed E-state index contributed by atoms with van der Waals surface area (Å²) in [5.74, 6) is 0.498. The van der Waals surface area contributed by atoms with Crippen LogP contribution in [0.3, 0.4) is 0 Å². The second-order valence-corrected chi connectivity index (χ2v) is 7.62. The van der Waals surface area contributed by atoms with Gasteiger partial charge in [-0.05, 0) is 31.2 Å². The Labute approximate surface area is 159 Å². The van der Waals surface area contributed by atoms with Crippen LogP contribution in [0.15, 0.2) is 22.7 Å². The second-order valence-electron chi connectivity index (χ2n) is 5.73. The van der Waals surface area contributed by atoms with Crippen molar-refractivity contribution in [1.82, 2.24) is 25.4 Å². The summed E-state index contributed by atoms with van der Waals surface area (Å²) in [5, 5.41) is 16.0. The molecule has 0 aliphatic carbocycles. The molecule has 0 saturated carbocycles. The molecule has 1 aliphatic rings. The fourth-order valence-corrected chi connectivity index (χ4v) is 4.10. The predicted molar refractivity (Wildman–Crippen MR) is 100 cm³/mol. The molecule has 1 saturated heterocycles. The van der Waals surface area contributed by atoms with Gasteiger partial charge in [0.15, 0.2) is 11.0 Å². The van der Waals surface area contributed by atoms with Gasteiger partial charge in [0.05, 0.1) is 23.3 Å². The number of rotatable bonds is 7. The quantitative estimate of drug-likeness (QED) is 0.697. The lowest BCUT2D eigenvalue weighted by Crippen LogP contribution is -2.40. The summed E-state index contributed by atoms with van der Waals surface area (Å²) in [6, 6.07) is 3.48. The maximum absolute atomic E-state index is 11.9. The van der Waals surface area contributed by atoms with Gasteiger partial charge >= 0.3 is 6.03 Å². The molecule has 2 aromatic heterocycles. The Kier molecular flexibility index (Phi) is 6.64. The summed E-state index contributed by atoms with van der Waals surface area (Å²) in [4.78, 5) is 24.4. The Morgan fingerprint density at radius 1 is 1.46 bits per heavy atom. The lowest BCUT2D eigenvalue weighted by atomic mass is 10.2. The molecule has 1 aliphatic heterocycles. The largest absolute Gasteiger partial charge is 0.376 e. The third-order valence-corrected chi connectivity index (χ3v) is 5.62. The number of imide groups is 1. The lowest BCUT2D eigenvalue weighted by Gasteiger charge is -2.14. The second kappa shape index (κ2) is 9.15. The fourth-order valence-electron chi connectivity index (χ4n) is 2.64. The third kappa shape index (κ3) is 4.83. The van der Waals surface area contributed by atoms with E-state index >= 15 is 0 Å². The molecule has 3 amide bonds. The highest BCUT2D eigenvalue weighted by Gasteiger charge is 2.22. The number of hydrogen-bond donors (Lipinski definition) is 2. The highest BCUT2D eigenvalue weighted by atomic mass is 32.2. The SMILES string of the molecule is CCNC(=O)NC(=O)CSc1nnc(-c2cccs2)n1CC1CCCO1. The Morgan fingerprint density at radius 3 is 3.04 bits per heavy atom. The Morgan fingerprint density at radius 2 is 2.35 bits per heavy atom. The van der Waals surface area contributed by atoms with Gasteiger partial charge in [0.2, 0.25) is 5.91 Å². The molecule has 3 rings (SSSR count). The van der Waals surface area contributed by atoms with Gasteiger partial charge in [-0.3, -0.25) is 14.7 Å². The van der Waals surface area contributed by atoms with E-state index in [0.717, 1.165) is 30.2 Å². The average Bonchev–Trinajstić information content (AvgIpc) is 3.36. The molecule has 0 aromatic carbocycles. The van der Waals surface area contributed by atoms with Crippen molar-refractivity contribution in [3.05, 3.63) is 17.5 Å². The Hall–Kier alpha value is -1.91. The summed E-state index contributed by atoms with van der Waals surface area (Å²) >= 11 is 2.86. The molecule has 1 atom stereocenters. The molecule has 10 heteroatoms. The van der Waals surface area contributed by atoms with Gasteiger partial charge < -0.3 is 10.1 Å². The van der Waals surface area contributed by atoms with Crippen molar-refractivity contribution >= 4 is 35.0 Å². The lowest BCUT2D eigenvalue weighted by molar-refractivity contribution is -0.117. The van der Waals surface area contributed by atoms with Gasteiger partial charge in [-0.1, -0.05) is 17.8 Å². The fraction of sp³-hybridized carbons (Fsp3) is 0.500. The van der Waals surface area contributed by atoms with E-state index in [-0.39, 0.29) is 17.8 Å². The molecule has 8 nitrogen and oxygen atoms in total. The molecular formula is C16H21N5O3S2. The number of nitrogens with one attached hydrogen (secondary N) is 2. The van der Waals surface area contributed by atoms with Crippen molar-refractivity contribution in [2.45, 2.75) is 37.6 Å². The number of thioether (sulfide) groups is 1. The summed E-state index contributed by atoms with van der Waals surface area (Å²) in [6.45, 7) is 3.68. The standard InChI is InChI=1S/C16H21N5O3S2/c1-2-17-15(23)18-13(22)10-26-16-20-19-14(12-6-4-8-25-12)21(16)9-11-5-3-7-24-11/h4,6,8,11H,2-3,5,7,9-10H2,1H3,(H2,17,18,22,23). The smallest absolute Gasteiger partial charge is 0.321 e. The Balaban J connectivity index is 1.69. The maximum Gasteiger partial charge on any atom is 0.321 e. The van der Waals surface area contributed by atoms with Gasteiger partial charge in [0.25, 0.3) is 0 Å². The van der Waals surface area contributed by atoms with E-state index < -0.39 is 6.03 Å². The van der Waals surface area contributed by atoms with Gasteiger partial charge in [0, 0.05) is 13.2 Å². The van der Waals surface area contributed by atoms with E-state index in [1.165, 1.54) is 11.8 Å². The van der Waals surface area contributed by atoms with Crippen molar-refractivity contribution in [1.29, 1.82) is 0 Å². The summed E-state index contributed by atoms with van der Waals surface area (Å²) in [7, 11) is 0. The molecule has 2 N–H and O–H groups in total. The predicted octanol–water partition coefficient (Wildman–Crippen LogP) is 2.12. The van der Waals surface area contributed by atoms with Crippen molar-refractivity contribution in [3.63, 3.8) is 0 Å². The molecule has 140 valence electrons. The summed E-state index contributed by atoms with van der Waals surface area (Å²) in [5.41, 5.74) is 0. The van der Waals surface area contributed by atoms with Gasteiger partial charge in [0.1, 0.15) is 0 Å². The molecule has 26 heavy (non-hydrogen) atoms. The highest BCUT2D eigenvalue weighted by molar-refractivity contribution is 7.99. The van der Waals surface area contributed by atoms with Crippen molar-refractivity contribution in [3.8, 4) is 10.7 Å². The minimum atomic E-state index is -0.488. The number of thiophene rings is 1. The first-order valence-corrected chi connectivity index (χ1v) is 10.3. The van der Waals surface area contributed by atoms with Crippen LogP contribution in [-0.4, -0.2) is 51.7 Å². The van der Waals surface area contributed by atoms with Crippen LogP contribution < -0.4 is 10.6 Å². The van der Waals surface area contributed by atoms with E-state index in [0.29, 0.717) is 18.2 Å². The van der Waals surface area contributed by atoms with E-state index in [9.17, 15) is 9.59 Å². The van der Waals surface area contributed by atoms with Gasteiger partial charge in [-0.2, -0.15) is 0 Å². The molecule has 0 radical (unpaired) electrons. The number of carbonyl (C=O) groups excluding carboxylic acids is 2. The topological polar surface area (TPSA) is 98.1 Å². The number of nitrogens with zero attached hydrogens (tertiary/aromatic N) is 3. The molecule has 0 spiro atoms. The number of hydrogen-bond acceptors (Lipinski definition) is 7. The van der Waals surface area contributed by atoms with Crippen molar-refractivity contribution in [2.24, 2.45) is 0 Å². The van der Waals surface area contributed by atoms with Crippen LogP contribution in [0.2, 0.25) is 0 Å². The monoisotopic (exact) mass is 395 g/mol. The maximum atomic E-state index is 11.9. The number of ether oxygens (including phenoxy) is 1. The van der Waals surface area contributed by atoms with Gasteiger partial charge in [-0.25, -0.2) is 4.79 Å². The molecular weight excluding hydrogens is 374 g/mol. The van der Waals surface area contributed by atoms with Crippen LogP contribution in [0.1, 0.15) is 19.8 Å². The van der Waals surface area contributed by atoms with Crippen molar-refractivity contribution < 1.29 is 14.3 Å². The van der Waals surface area contributed by atoms with Crippen LogP contribution >= 0.6 is 23.1 Å². The van der Waals surface area contributed by atoms with E-state index in [1.807, 2.05) is 22.1 Å². The highest BCUT2D eigenvalue weighted by Crippen LogP contribution is 2.28. The molecule has 1 fully saturated rings. The first-order chi connectivity index (χ1) is 12.7. The van der Waals surface area contributed by atoms with Crippen LogP contribution in [0.5, 0.6) is 0 Å².